The number of benzene rings is 1. The molecule has 0 aliphatic carbocycles. The molecule has 0 saturated heterocycles. The number of rotatable bonds is 4. The third-order valence-electron chi connectivity index (χ3n) is 2.61. The molecule has 4 N–H and O–H groups in total. The summed E-state index contributed by atoms with van der Waals surface area (Å²) in [4.78, 5) is 4.02. The Hall–Kier alpha value is -1.79. The zero-order valence-electron chi connectivity index (χ0n) is 10.3. The first-order valence-electron chi connectivity index (χ1n) is 5.72. The van der Waals surface area contributed by atoms with Gasteiger partial charge >= 0.3 is 0 Å². The molecular weight excluding hydrogens is 344 g/mol. The van der Waals surface area contributed by atoms with E-state index in [1.54, 1.807) is 12.3 Å². The molecule has 2 rings (SSSR count). The standard InChI is InChI=1S/C13H12BrClN4O/c14-10-2-1-9(6-11(10)15)18-7-8-3-4-17-12(5-8)13(16)19-20/h1-6,18,20H,7H2,(H2,16,19). The average Bonchev–Trinajstić information content (AvgIpc) is 2.48. The van der Waals surface area contributed by atoms with Crippen molar-refractivity contribution in [3.63, 3.8) is 0 Å². The van der Waals surface area contributed by atoms with Crippen LogP contribution in [0.25, 0.3) is 0 Å². The highest BCUT2D eigenvalue weighted by Gasteiger charge is 2.03. The summed E-state index contributed by atoms with van der Waals surface area (Å²) in [7, 11) is 0. The molecule has 0 radical (unpaired) electrons. The van der Waals surface area contributed by atoms with E-state index in [0.717, 1.165) is 15.7 Å². The Kier molecular flexibility index (Phi) is 4.81. The van der Waals surface area contributed by atoms with Crippen molar-refractivity contribution in [2.75, 3.05) is 5.32 Å². The van der Waals surface area contributed by atoms with E-state index in [4.69, 9.17) is 22.5 Å². The summed E-state index contributed by atoms with van der Waals surface area (Å²) in [5.74, 6) is -0.0152. The number of nitrogens with two attached hydrogens (primary N) is 1. The maximum atomic E-state index is 8.63. The minimum Gasteiger partial charge on any atom is -0.409 e. The number of aromatic nitrogens is 1. The van der Waals surface area contributed by atoms with Gasteiger partial charge in [-0.3, -0.25) is 4.98 Å². The van der Waals surface area contributed by atoms with Crippen molar-refractivity contribution in [2.24, 2.45) is 10.9 Å². The number of hydrogen-bond acceptors (Lipinski definition) is 4. The Morgan fingerprint density at radius 2 is 2.20 bits per heavy atom. The number of nitrogens with one attached hydrogen (secondary N) is 1. The van der Waals surface area contributed by atoms with Gasteiger partial charge in [0.25, 0.3) is 0 Å². The zero-order valence-corrected chi connectivity index (χ0v) is 12.7. The van der Waals surface area contributed by atoms with Crippen molar-refractivity contribution >= 4 is 39.1 Å². The number of anilines is 1. The van der Waals surface area contributed by atoms with Crippen molar-refractivity contribution in [1.29, 1.82) is 0 Å². The Morgan fingerprint density at radius 3 is 2.90 bits per heavy atom. The van der Waals surface area contributed by atoms with Gasteiger partial charge in [0.05, 0.1) is 5.02 Å². The third kappa shape index (κ3) is 3.61. The summed E-state index contributed by atoms with van der Waals surface area (Å²) in [6.45, 7) is 0.576. The van der Waals surface area contributed by atoms with Crippen LogP contribution in [0.3, 0.4) is 0 Å². The predicted molar refractivity (Wildman–Crippen MR) is 83.2 cm³/mol. The molecule has 104 valence electrons. The number of hydrogen-bond donors (Lipinski definition) is 3. The SMILES string of the molecule is N/C(=N/O)c1cc(CNc2ccc(Br)c(Cl)c2)ccn1. The zero-order chi connectivity index (χ0) is 14.5. The second-order valence-electron chi connectivity index (χ2n) is 4.02. The van der Waals surface area contributed by atoms with E-state index in [0.29, 0.717) is 17.3 Å². The molecule has 0 saturated carbocycles. The van der Waals surface area contributed by atoms with E-state index in [9.17, 15) is 0 Å². The fourth-order valence-corrected chi connectivity index (χ4v) is 2.01. The minimum absolute atomic E-state index is 0.0152. The van der Waals surface area contributed by atoms with Crippen molar-refractivity contribution < 1.29 is 5.21 Å². The van der Waals surface area contributed by atoms with Crippen LogP contribution in [0.15, 0.2) is 46.2 Å². The van der Waals surface area contributed by atoms with E-state index in [2.05, 4.69) is 31.4 Å². The first kappa shape index (κ1) is 14.6. The van der Waals surface area contributed by atoms with Crippen LogP contribution in [0.1, 0.15) is 11.3 Å². The first-order chi connectivity index (χ1) is 9.60. The average molecular weight is 356 g/mol. The summed E-state index contributed by atoms with van der Waals surface area (Å²) in [6.07, 6.45) is 1.61. The van der Waals surface area contributed by atoms with Crippen molar-refractivity contribution in [2.45, 2.75) is 6.54 Å². The van der Waals surface area contributed by atoms with Crippen LogP contribution in [0, 0.1) is 0 Å². The Bertz CT molecular complexity index is 648. The number of halogens is 2. The maximum Gasteiger partial charge on any atom is 0.188 e. The molecular formula is C13H12BrClN4O. The van der Waals surface area contributed by atoms with E-state index in [1.807, 2.05) is 24.3 Å². The van der Waals surface area contributed by atoms with Gasteiger partial charge in [0.1, 0.15) is 5.69 Å². The molecule has 5 nitrogen and oxygen atoms in total. The molecule has 0 aliphatic heterocycles. The molecule has 1 heterocycles. The maximum absolute atomic E-state index is 8.63. The first-order valence-corrected chi connectivity index (χ1v) is 6.89. The number of nitrogens with zero attached hydrogens (tertiary/aromatic N) is 2. The summed E-state index contributed by atoms with van der Waals surface area (Å²) in [5.41, 5.74) is 7.79. The van der Waals surface area contributed by atoms with Gasteiger partial charge in [0, 0.05) is 22.9 Å². The van der Waals surface area contributed by atoms with E-state index >= 15 is 0 Å². The molecule has 0 spiro atoms. The fourth-order valence-electron chi connectivity index (χ4n) is 1.59. The second-order valence-corrected chi connectivity index (χ2v) is 5.28. The van der Waals surface area contributed by atoms with E-state index in [-0.39, 0.29) is 5.84 Å². The summed E-state index contributed by atoms with van der Waals surface area (Å²) >= 11 is 9.36. The molecule has 7 heteroatoms. The van der Waals surface area contributed by atoms with Crippen LogP contribution in [0.5, 0.6) is 0 Å². The second kappa shape index (κ2) is 6.58. The molecule has 0 aliphatic rings. The minimum atomic E-state index is -0.0152. The highest BCUT2D eigenvalue weighted by Crippen LogP contribution is 2.25. The molecule has 0 fully saturated rings. The fraction of sp³-hybridized carbons (Fsp3) is 0.0769. The van der Waals surface area contributed by atoms with Crippen LogP contribution >= 0.6 is 27.5 Å². The van der Waals surface area contributed by atoms with Crippen LogP contribution in [-0.4, -0.2) is 16.0 Å². The lowest BCUT2D eigenvalue weighted by Crippen LogP contribution is -2.15. The molecule has 1 aromatic carbocycles. The van der Waals surface area contributed by atoms with Crippen LogP contribution < -0.4 is 11.1 Å². The number of amidine groups is 1. The van der Waals surface area contributed by atoms with Gasteiger partial charge in [0.15, 0.2) is 5.84 Å². The Balaban J connectivity index is 2.09. The lowest BCUT2D eigenvalue weighted by Gasteiger charge is -2.08. The van der Waals surface area contributed by atoms with Gasteiger partial charge in [-0.05, 0) is 51.8 Å². The van der Waals surface area contributed by atoms with Gasteiger partial charge in [-0.1, -0.05) is 16.8 Å². The van der Waals surface area contributed by atoms with Gasteiger partial charge < -0.3 is 16.3 Å². The van der Waals surface area contributed by atoms with E-state index < -0.39 is 0 Å². The largest absolute Gasteiger partial charge is 0.409 e. The van der Waals surface area contributed by atoms with Gasteiger partial charge in [-0.2, -0.15) is 0 Å². The Morgan fingerprint density at radius 1 is 1.40 bits per heavy atom. The summed E-state index contributed by atoms with van der Waals surface area (Å²) in [6, 6.07) is 9.22. The van der Waals surface area contributed by atoms with Crippen LogP contribution in [-0.2, 0) is 6.54 Å². The highest BCUT2D eigenvalue weighted by molar-refractivity contribution is 9.10. The van der Waals surface area contributed by atoms with Gasteiger partial charge in [-0.15, -0.1) is 0 Å². The molecule has 2 aromatic rings. The molecule has 0 atom stereocenters. The molecule has 1 aromatic heterocycles. The lowest BCUT2D eigenvalue weighted by molar-refractivity contribution is 0.318. The van der Waals surface area contributed by atoms with E-state index in [1.165, 1.54) is 0 Å². The van der Waals surface area contributed by atoms with Crippen LogP contribution in [0.2, 0.25) is 5.02 Å². The molecule has 0 bridgehead atoms. The summed E-state index contributed by atoms with van der Waals surface area (Å²) < 4.78 is 0.850. The quantitative estimate of drug-likeness (QED) is 0.340. The monoisotopic (exact) mass is 354 g/mol. The van der Waals surface area contributed by atoms with Crippen molar-refractivity contribution in [1.82, 2.24) is 4.98 Å². The highest BCUT2D eigenvalue weighted by atomic mass is 79.9. The van der Waals surface area contributed by atoms with Gasteiger partial charge in [-0.25, -0.2) is 0 Å². The third-order valence-corrected chi connectivity index (χ3v) is 3.84. The van der Waals surface area contributed by atoms with Gasteiger partial charge in [0.2, 0.25) is 0 Å². The topological polar surface area (TPSA) is 83.5 Å². The van der Waals surface area contributed by atoms with Crippen molar-refractivity contribution in [3.8, 4) is 0 Å². The van der Waals surface area contributed by atoms with Crippen molar-refractivity contribution in [3.05, 3.63) is 57.3 Å². The number of oxime groups is 1. The van der Waals surface area contributed by atoms with Crippen LogP contribution in [0.4, 0.5) is 5.69 Å². The summed E-state index contributed by atoms with van der Waals surface area (Å²) in [5, 5.41) is 15.4. The predicted octanol–water partition coefficient (Wildman–Crippen LogP) is 3.20. The molecule has 20 heavy (non-hydrogen) atoms. The number of pyridine rings is 1. The lowest BCUT2D eigenvalue weighted by atomic mass is 10.2. The molecule has 0 unspecified atom stereocenters. The molecule has 0 amide bonds. The smallest absolute Gasteiger partial charge is 0.188 e. The Labute approximate surface area is 129 Å². The normalized spacial score (nSPS) is 11.4.